The van der Waals surface area contributed by atoms with Gasteiger partial charge in [-0.25, -0.2) is 9.97 Å². The van der Waals surface area contributed by atoms with Crippen molar-refractivity contribution < 1.29 is 4.74 Å². The van der Waals surface area contributed by atoms with Crippen molar-refractivity contribution in [2.24, 2.45) is 0 Å². The first-order valence-electron chi connectivity index (χ1n) is 5.48. The molecule has 4 nitrogen and oxygen atoms in total. The van der Waals surface area contributed by atoms with E-state index in [4.69, 9.17) is 16.3 Å². The van der Waals surface area contributed by atoms with Crippen LogP contribution in [-0.4, -0.2) is 24.1 Å². The number of methoxy groups -OCH3 is 1. The van der Waals surface area contributed by atoms with Crippen LogP contribution in [0.2, 0.25) is 5.28 Å². The average molecular weight is 264 g/mol. The molecule has 1 aromatic heterocycles. The van der Waals surface area contributed by atoms with E-state index in [0.29, 0.717) is 0 Å². The molecule has 0 saturated carbocycles. The van der Waals surface area contributed by atoms with Crippen LogP contribution in [0.4, 0.5) is 11.5 Å². The van der Waals surface area contributed by atoms with Gasteiger partial charge in [0.15, 0.2) is 0 Å². The normalized spacial score (nSPS) is 10.2. The molecule has 0 unspecified atom stereocenters. The maximum atomic E-state index is 5.80. The Hall–Kier alpha value is -1.81. The van der Waals surface area contributed by atoms with E-state index in [9.17, 15) is 0 Å². The molecule has 0 fully saturated rings. The number of hydrogen-bond acceptors (Lipinski definition) is 4. The highest BCUT2D eigenvalue weighted by Gasteiger charge is 2.10. The summed E-state index contributed by atoms with van der Waals surface area (Å²) >= 11 is 5.80. The summed E-state index contributed by atoms with van der Waals surface area (Å²) in [5.74, 6) is 1.55. The molecule has 1 heterocycles. The number of rotatable bonds is 3. The van der Waals surface area contributed by atoms with Gasteiger partial charge in [0.1, 0.15) is 11.6 Å². The third-order valence-corrected chi connectivity index (χ3v) is 2.91. The predicted octanol–water partition coefficient (Wildman–Crippen LogP) is 3.21. The van der Waals surface area contributed by atoms with E-state index in [0.717, 1.165) is 22.8 Å². The minimum Gasteiger partial charge on any atom is -0.497 e. The van der Waals surface area contributed by atoms with Crippen molar-refractivity contribution in [2.75, 3.05) is 19.1 Å². The predicted molar refractivity (Wildman–Crippen MR) is 72.8 cm³/mol. The Morgan fingerprint density at radius 3 is 2.72 bits per heavy atom. The monoisotopic (exact) mass is 263 g/mol. The summed E-state index contributed by atoms with van der Waals surface area (Å²) in [4.78, 5) is 10.0. The summed E-state index contributed by atoms with van der Waals surface area (Å²) in [7, 11) is 3.58. The Labute approximate surface area is 111 Å². The highest BCUT2D eigenvalue weighted by Crippen LogP contribution is 2.29. The number of ether oxygens (including phenoxy) is 1. The fourth-order valence-electron chi connectivity index (χ4n) is 1.71. The SMILES string of the molecule is COc1ccc(C)c(N(C)c2ccnc(Cl)n2)c1. The van der Waals surface area contributed by atoms with Gasteiger partial charge >= 0.3 is 0 Å². The van der Waals surface area contributed by atoms with E-state index in [1.807, 2.05) is 43.1 Å². The number of halogens is 1. The molecule has 0 amide bonds. The average Bonchev–Trinajstić information content (AvgIpc) is 2.38. The summed E-state index contributed by atoms with van der Waals surface area (Å²) in [5, 5.41) is 0.236. The van der Waals surface area contributed by atoms with E-state index in [-0.39, 0.29) is 5.28 Å². The minimum absolute atomic E-state index is 0.236. The third-order valence-electron chi connectivity index (χ3n) is 2.73. The highest BCUT2D eigenvalue weighted by molar-refractivity contribution is 6.28. The van der Waals surface area contributed by atoms with E-state index in [1.54, 1.807) is 13.3 Å². The van der Waals surface area contributed by atoms with Gasteiger partial charge in [-0.3, -0.25) is 0 Å². The molecule has 18 heavy (non-hydrogen) atoms. The minimum atomic E-state index is 0.236. The molecule has 0 N–H and O–H groups in total. The number of hydrogen-bond donors (Lipinski definition) is 0. The molecule has 0 spiro atoms. The summed E-state index contributed by atoms with van der Waals surface area (Å²) in [6.07, 6.45) is 1.64. The van der Waals surface area contributed by atoms with Crippen molar-refractivity contribution >= 4 is 23.1 Å². The zero-order valence-electron chi connectivity index (χ0n) is 10.5. The number of anilines is 2. The second-order valence-electron chi connectivity index (χ2n) is 3.90. The van der Waals surface area contributed by atoms with E-state index < -0.39 is 0 Å². The van der Waals surface area contributed by atoms with Gasteiger partial charge < -0.3 is 9.64 Å². The van der Waals surface area contributed by atoms with Gasteiger partial charge in [-0.1, -0.05) is 6.07 Å². The molecule has 0 bridgehead atoms. The fraction of sp³-hybridized carbons (Fsp3) is 0.231. The topological polar surface area (TPSA) is 38.2 Å². The number of benzene rings is 1. The molecule has 0 aliphatic carbocycles. The highest BCUT2D eigenvalue weighted by atomic mass is 35.5. The fourth-order valence-corrected chi connectivity index (χ4v) is 1.86. The number of aryl methyl sites for hydroxylation is 1. The Morgan fingerprint density at radius 1 is 1.28 bits per heavy atom. The van der Waals surface area contributed by atoms with Crippen molar-refractivity contribution in [2.45, 2.75) is 6.92 Å². The smallest absolute Gasteiger partial charge is 0.224 e. The molecular formula is C13H14ClN3O. The lowest BCUT2D eigenvalue weighted by Gasteiger charge is -2.21. The molecule has 5 heteroatoms. The molecular weight excluding hydrogens is 250 g/mol. The molecule has 0 radical (unpaired) electrons. The van der Waals surface area contributed by atoms with Crippen LogP contribution >= 0.6 is 11.6 Å². The third kappa shape index (κ3) is 2.54. The molecule has 94 valence electrons. The second kappa shape index (κ2) is 5.23. The van der Waals surface area contributed by atoms with Gasteiger partial charge in [0.2, 0.25) is 5.28 Å². The van der Waals surface area contributed by atoms with Crippen LogP contribution in [0.1, 0.15) is 5.56 Å². The van der Waals surface area contributed by atoms with Crippen molar-refractivity contribution in [3.8, 4) is 5.75 Å². The Balaban J connectivity index is 2.41. The van der Waals surface area contributed by atoms with Crippen molar-refractivity contribution in [1.29, 1.82) is 0 Å². The Bertz CT molecular complexity index is 560. The number of nitrogens with zero attached hydrogens (tertiary/aromatic N) is 3. The van der Waals surface area contributed by atoms with Crippen LogP contribution < -0.4 is 9.64 Å². The van der Waals surface area contributed by atoms with Gasteiger partial charge in [-0.15, -0.1) is 0 Å². The Kier molecular flexibility index (Phi) is 3.67. The second-order valence-corrected chi connectivity index (χ2v) is 4.23. The molecule has 0 saturated heterocycles. The lowest BCUT2D eigenvalue weighted by molar-refractivity contribution is 0.415. The van der Waals surface area contributed by atoms with Gasteiger partial charge in [-0.2, -0.15) is 0 Å². The molecule has 2 rings (SSSR count). The first kappa shape index (κ1) is 12.6. The van der Waals surface area contributed by atoms with Crippen LogP contribution in [0.3, 0.4) is 0 Å². The lowest BCUT2D eigenvalue weighted by atomic mass is 10.1. The quantitative estimate of drug-likeness (QED) is 0.797. The van der Waals surface area contributed by atoms with Gasteiger partial charge in [0.25, 0.3) is 0 Å². The van der Waals surface area contributed by atoms with Gasteiger partial charge in [0, 0.05) is 25.0 Å². The molecule has 2 aromatic rings. The van der Waals surface area contributed by atoms with E-state index >= 15 is 0 Å². The van der Waals surface area contributed by atoms with E-state index in [1.165, 1.54) is 0 Å². The zero-order chi connectivity index (χ0) is 13.1. The summed E-state index contributed by atoms with van der Waals surface area (Å²) in [6.45, 7) is 2.04. The molecule has 0 aliphatic heterocycles. The Morgan fingerprint density at radius 2 is 2.06 bits per heavy atom. The molecule has 0 atom stereocenters. The van der Waals surface area contributed by atoms with Crippen molar-refractivity contribution in [3.63, 3.8) is 0 Å². The summed E-state index contributed by atoms with van der Waals surface area (Å²) in [6, 6.07) is 7.71. The van der Waals surface area contributed by atoms with Gasteiger partial charge in [0.05, 0.1) is 7.11 Å². The van der Waals surface area contributed by atoms with Crippen LogP contribution in [0, 0.1) is 6.92 Å². The van der Waals surface area contributed by atoms with Crippen LogP contribution in [0.25, 0.3) is 0 Å². The molecule has 1 aromatic carbocycles. The first-order valence-corrected chi connectivity index (χ1v) is 5.86. The molecule has 0 aliphatic rings. The lowest BCUT2D eigenvalue weighted by Crippen LogP contribution is -2.12. The van der Waals surface area contributed by atoms with Crippen molar-refractivity contribution in [3.05, 3.63) is 41.3 Å². The van der Waals surface area contributed by atoms with Crippen LogP contribution in [0.5, 0.6) is 5.75 Å². The summed E-state index contributed by atoms with van der Waals surface area (Å²) < 4.78 is 5.23. The van der Waals surface area contributed by atoms with E-state index in [2.05, 4.69) is 9.97 Å². The first-order chi connectivity index (χ1) is 8.61. The van der Waals surface area contributed by atoms with Crippen LogP contribution in [-0.2, 0) is 0 Å². The maximum Gasteiger partial charge on any atom is 0.224 e. The van der Waals surface area contributed by atoms with Gasteiger partial charge in [-0.05, 0) is 36.2 Å². The largest absolute Gasteiger partial charge is 0.497 e. The van der Waals surface area contributed by atoms with Crippen LogP contribution in [0.15, 0.2) is 30.5 Å². The zero-order valence-corrected chi connectivity index (χ0v) is 11.3. The maximum absolute atomic E-state index is 5.80. The standard InChI is InChI=1S/C13H14ClN3O/c1-9-4-5-10(18-3)8-11(9)17(2)12-6-7-15-13(14)16-12/h4-8H,1-3H3. The number of aromatic nitrogens is 2. The van der Waals surface area contributed by atoms with Crippen molar-refractivity contribution in [1.82, 2.24) is 9.97 Å². The summed E-state index contributed by atoms with van der Waals surface area (Å²) in [5.41, 5.74) is 2.15.